The van der Waals surface area contributed by atoms with Crippen molar-refractivity contribution in [3.8, 4) is 0 Å². The molecule has 14 heavy (non-hydrogen) atoms. The van der Waals surface area contributed by atoms with E-state index < -0.39 is 0 Å². The van der Waals surface area contributed by atoms with Gasteiger partial charge in [-0.2, -0.15) is 5.10 Å². The van der Waals surface area contributed by atoms with Crippen LogP contribution in [0.25, 0.3) is 11.0 Å². The Morgan fingerprint density at radius 3 is 3.00 bits per heavy atom. The second-order valence-corrected chi connectivity index (χ2v) is 3.72. The highest BCUT2D eigenvalue weighted by atomic mass is 79.9. The number of aryl methyl sites for hydroxylation is 1. The summed E-state index contributed by atoms with van der Waals surface area (Å²) in [4.78, 5) is 8.09. The second kappa shape index (κ2) is 3.53. The summed E-state index contributed by atoms with van der Waals surface area (Å²) in [7, 11) is 0. The molecule has 0 spiro atoms. The molecule has 0 aliphatic rings. The van der Waals surface area contributed by atoms with Crippen LogP contribution in [0.15, 0.2) is 10.9 Å². The number of rotatable bonds is 2. The summed E-state index contributed by atoms with van der Waals surface area (Å²) in [5.74, 6) is 0.462. The van der Waals surface area contributed by atoms with Gasteiger partial charge >= 0.3 is 0 Å². The molecule has 0 amide bonds. The number of nitrogen functional groups attached to an aromatic ring is 1. The SMILES string of the molecule is CCCn1nc(Br)c2c(N)ncnc21. The summed E-state index contributed by atoms with van der Waals surface area (Å²) in [5.41, 5.74) is 6.52. The Hall–Kier alpha value is -1.17. The molecule has 5 nitrogen and oxygen atoms in total. The Morgan fingerprint density at radius 2 is 2.29 bits per heavy atom. The fraction of sp³-hybridized carbons (Fsp3) is 0.375. The van der Waals surface area contributed by atoms with E-state index in [-0.39, 0.29) is 0 Å². The highest BCUT2D eigenvalue weighted by molar-refractivity contribution is 9.10. The number of anilines is 1. The third-order valence-electron chi connectivity index (χ3n) is 1.95. The molecule has 2 aromatic rings. The first-order valence-corrected chi connectivity index (χ1v) is 5.15. The van der Waals surface area contributed by atoms with Gasteiger partial charge in [-0.1, -0.05) is 6.92 Å². The lowest BCUT2D eigenvalue weighted by Crippen LogP contribution is -2.00. The third-order valence-corrected chi connectivity index (χ3v) is 2.51. The van der Waals surface area contributed by atoms with Gasteiger partial charge in [-0.15, -0.1) is 0 Å². The van der Waals surface area contributed by atoms with Crippen LogP contribution < -0.4 is 5.73 Å². The van der Waals surface area contributed by atoms with E-state index in [0.29, 0.717) is 10.4 Å². The van der Waals surface area contributed by atoms with Crippen LogP contribution in [0, 0.1) is 0 Å². The Bertz CT molecular complexity index is 464. The molecule has 0 aliphatic heterocycles. The zero-order chi connectivity index (χ0) is 10.1. The Morgan fingerprint density at radius 1 is 1.50 bits per heavy atom. The molecule has 0 aliphatic carbocycles. The van der Waals surface area contributed by atoms with E-state index in [0.717, 1.165) is 24.0 Å². The highest BCUT2D eigenvalue weighted by Gasteiger charge is 2.12. The number of hydrogen-bond donors (Lipinski definition) is 1. The van der Waals surface area contributed by atoms with Crippen molar-refractivity contribution in [1.29, 1.82) is 0 Å². The summed E-state index contributed by atoms with van der Waals surface area (Å²) < 4.78 is 2.54. The van der Waals surface area contributed by atoms with Crippen molar-refractivity contribution in [2.45, 2.75) is 19.9 Å². The number of hydrogen-bond acceptors (Lipinski definition) is 4. The van der Waals surface area contributed by atoms with Crippen LogP contribution in [0.5, 0.6) is 0 Å². The minimum absolute atomic E-state index is 0.462. The van der Waals surface area contributed by atoms with E-state index >= 15 is 0 Å². The van der Waals surface area contributed by atoms with E-state index in [4.69, 9.17) is 5.73 Å². The molecule has 0 atom stereocenters. The predicted octanol–water partition coefficient (Wildman–Crippen LogP) is 1.58. The van der Waals surface area contributed by atoms with Crippen LogP contribution in [-0.2, 0) is 6.54 Å². The molecule has 0 radical (unpaired) electrons. The minimum atomic E-state index is 0.462. The van der Waals surface area contributed by atoms with Gasteiger partial charge in [0.2, 0.25) is 0 Å². The van der Waals surface area contributed by atoms with Crippen molar-refractivity contribution >= 4 is 32.8 Å². The van der Waals surface area contributed by atoms with E-state index in [1.165, 1.54) is 6.33 Å². The predicted molar refractivity (Wildman–Crippen MR) is 57.7 cm³/mol. The number of aromatic nitrogens is 4. The lowest BCUT2D eigenvalue weighted by atomic mass is 10.4. The first-order chi connectivity index (χ1) is 6.74. The molecule has 6 heteroatoms. The molecular formula is C8H10BrN5. The first kappa shape index (κ1) is 9.39. The summed E-state index contributed by atoms with van der Waals surface area (Å²) in [6.07, 6.45) is 2.46. The maximum atomic E-state index is 5.73. The van der Waals surface area contributed by atoms with Gasteiger partial charge < -0.3 is 5.73 Å². The van der Waals surface area contributed by atoms with Crippen molar-refractivity contribution in [1.82, 2.24) is 19.7 Å². The van der Waals surface area contributed by atoms with Gasteiger partial charge in [0.25, 0.3) is 0 Å². The van der Waals surface area contributed by atoms with Crippen LogP contribution in [0.2, 0.25) is 0 Å². The van der Waals surface area contributed by atoms with E-state index in [1.807, 2.05) is 4.68 Å². The Kier molecular flexibility index (Phi) is 2.37. The molecule has 2 heterocycles. The van der Waals surface area contributed by atoms with Gasteiger partial charge in [0.15, 0.2) is 5.65 Å². The Balaban J connectivity index is 2.71. The fourth-order valence-electron chi connectivity index (χ4n) is 1.35. The zero-order valence-corrected chi connectivity index (χ0v) is 9.32. The van der Waals surface area contributed by atoms with Crippen LogP contribution in [0.1, 0.15) is 13.3 Å². The van der Waals surface area contributed by atoms with Crippen molar-refractivity contribution in [3.63, 3.8) is 0 Å². The van der Waals surface area contributed by atoms with Crippen LogP contribution >= 0.6 is 15.9 Å². The standard InChI is InChI=1S/C8H10BrN5/c1-2-3-14-8-5(6(9)13-14)7(10)11-4-12-8/h4H,2-3H2,1H3,(H2,10,11,12). The number of nitrogens with two attached hydrogens (primary N) is 1. The van der Waals surface area contributed by atoms with Gasteiger partial charge in [-0.3, -0.25) is 0 Å². The summed E-state index contributed by atoms with van der Waals surface area (Å²) in [6.45, 7) is 2.92. The van der Waals surface area contributed by atoms with Gasteiger partial charge in [0.05, 0.1) is 5.39 Å². The maximum Gasteiger partial charge on any atom is 0.164 e. The maximum absolute atomic E-state index is 5.73. The lowest BCUT2D eigenvalue weighted by Gasteiger charge is -1.98. The van der Waals surface area contributed by atoms with Gasteiger partial charge in [0.1, 0.15) is 16.7 Å². The molecule has 0 saturated heterocycles. The van der Waals surface area contributed by atoms with Gasteiger partial charge in [0, 0.05) is 6.54 Å². The summed E-state index contributed by atoms with van der Waals surface area (Å²) >= 11 is 3.35. The highest BCUT2D eigenvalue weighted by Crippen LogP contribution is 2.25. The average molecular weight is 256 g/mol. The number of halogens is 1. The summed E-state index contributed by atoms with van der Waals surface area (Å²) in [6, 6.07) is 0. The van der Waals surface area contributed by atoms with Crippen LogP contribution in [0.3, 0.4) is 0 Å². The van der Waals surface area contributed by atoms with Crippen molar-refractivity contribution in [3.05, 3.63) is 10.9 Å². The quantitative estimate of drug-likeness (QED) is 0.885. The fourth-order valence-corrected chi connectivity index (χ4v) is 1.93. The van der Waals surface area contributed by atoms with E-state index in [2.05, 4.69) is 37.9 Å². The molecule has 2 rings (SSSR count). The molecule has 0 unspecified atom stereocenters. The molecular weight excluding hydrogens is 246 g/mol. The number of fused-ring (bicyclic) bond motifs is 1. The molecule has 2 N–H and O–H groups in total. The Labute approximate surface area is 89.5 Å². The minimum Gasteiger partial charge on any atom is -0.383 e. The molecule has 74 valence electrons. The summed E-state index contributed by atoms with van der Waals surface area (Å²) in [5, 5.41) is 5.08. The van der Waals surface area contributed by atoms with Crippen molar-refractivity contribution in [2.75, 3.05) is 5.73 Å². The van der Waals surface area contributed by atoms with Crippen molar-refractivity contribution < 1.29 is 0 Å². The first-order valence-electron chi connectivity index (χ1n) is 4.36. The lowest BCUT2D eigenvalue weighted by molar-refractivity contribution is 0.613. The normalized spacial score (nSPS) is 11.0. The zero-order valence-electron chi connectivity index (χ0n) is 7.74. The van der Waals surface area contributed by atoms with Crippen molar-refractivity contribution in [2.24, 2.45) is 0 Å². The van der Waals surface area contributed by atoms with Gasteiger partial charge in [-0.25, -0.2) is 14.6 Å². The van der Waals surface area contributed by atoms with Gasteiger partial charge in [-0.05, 0) is 22.4 Å². The topological polar surface area (TPSA) is 69.6 Å². The smallest absolute Gasteiger partial charge is 0.164 e. The molecule has 0 fully saturated rings. The monoisotopic (exact) mass is 255 g/mol. The van der Waals surface area contributed by atoms with E-state index in [9.17, 15) is 0 Å². The second-order valence-electron chi connectivity index (χ2n) is 2.97. The molecule has 0 saturated carbocycles. The molecule has 0 aromatic carbocycles. The van der Waals surface area contributed by atoms with E-state index in [1.54, 1.807) is 0 Å². The van der Waals surface area contributed by atoms with Crippen LogP contribution in [0.4, 0.5) is 5.82 Å². The number of nitrogens with zero attached hydrogens (tertiary/aromatic N) is 4. The largest absolute Gasteiger partial charge is 0.383 e. The molecule has 0 bridgehead atoms. The molecule has 2 aromatic heterocycles. The third kappa shape index (κ3) is 1.35. The van der Waals surface area contributed by atoms with Crippen LogP contribution in [-0.4, -0.2) is 19.7 Å². The average Bonchev–Trinajstić information content (AvgIpc) is 2.46.